The highest BCUT2D eigenvalue weighted by molar-refractivity contribution is 7.89. The Hall–Kier alpha value is -2.66. The zero-order valence-electron chi connectivity index (χ0n) is 25.6. The van der Waals surface area contributed by atoms with E-state index in [1.807, 2.05) is 30.3 Å². The van der Waals surface area contributed by atoms with Gasteiger partial charge in [0.2, 0.25) is 10.0 Å². The number of alkyl carbamates (subject to hydrolysis) is 1. The van der Waals surface area contributed by atoms with E-state index in [-0.39, 0.29) is 30.2 Å². The lowest BCUT2D eigenvalue weighted by molar-refractivity contribution is 0.0557. The van der Waals surface area contributed by atoms with E-state index < -0.39 is 28.3 Å². The van der Waals surface area contributed by atoms with E-state index >= 15 is 0 Å². The van der Waals surface area contributed by atoms with Crippen LogP contribution in [0, 0.1) is 5.92 Å². The van der Waals surface area contributed by atoms with E-state index in [9.17, 15) is 18.3 Å². The third kappa shape index (κ3) is 9.19. The molecule has 5 rings (SSSR count). The summed E-state index contributed by atoms with van der Waals surface area (Å²) in [6.45, 7) is 1.42. The Labute approximate surface area is 262 Å². The van der Waals surface area contributed by atoms with Crippen molar-refractivity contribution in [2.24, 2.45) is 5.92 Å². The van der Waals surface area contributed by atoms with Crippen molar-refractivity contribution in [2.45, 2.75) is 106 Å². The molecule has 242 valence electrons. The van der Waals surface area contributed by atoms with Crippen LogP contribution in [-0.4, -0.2) is 74.6 Å². The molecule has 1 unspecified atom stereocenters. The SMILES string of the molecule is O=C(N[C@@H](Cc1ccccc1)[C@H](O)CN1CCCCCCCCCCOc2cccc(c2)S1(=O)=O)O[C@@H]1CC2CCO[C@@H]2C1. The van der Waals surface area contributed by atoms with Crippen molar-refractivity contribution < 1.29 is 32.5 Å². The molecule has 2 aliphatic heterocycles. The van der Waals surface area contributed by atoms with Gasteiger partial charge < -0.3 is 24.6 Å². The average molecular weight is 629 g/mol. The maximum absolute atomic E-state index is 14.0. The Bertz CT molecular complexity index is 1280. The lowest BCUT2D eigenvalue weighted by Crippen LogP contribution is -2.51. The maximum Gasteiger partial charge on any atom is 0.407 e. The summed E-state index contributed by atoms with van der Waals surface area (Å²) in [7, 11) is -3.95. The minimum Gasteiger partial charge on any atom is -0.494 e. The maximum atomic E-state index is 14.0. The standard InChI is InChI=1S/C34H48N2O7S/c37-32(31(21-26-13-8-7-9-14-26)35-34(38)43-29-22-27-17-20-42-33(27)24-29)25-36-18-10-5-3-1-2-4-6-11-19-41-28-15-12-16-30(23-28)44(36,39)40/h7-9,12-16,23,27,29,31-33,37H,1-6,10-11,17-22,24-25H2,(H,35,38)/t27?,29-,31+,32-,33-/m1/s1. The molecule has 9 nitrogen and oxygen atoms in total. The number of nitrogens with zero attached hydrogens (tertiary/aromatic N) is 1. The third-order valence-corrected chi connectivity index (χ3v) is 11.0. The van der Waals surface area contributed by atoms with Crippen molar-refractivity contribution in [2.75, 3.05) is 26.3 Å². The predicted octanol–water partition coefficient (Wildman–Crippen LogP) is 5.46. The van der Waals surface area contributed by atoms with E-state index in [1.54, 1.807) is 24.3 Å². The van der Waals surface area contributed by atoms with E-state index in [0.29, 0.717) is 37.5 Å². The van der Waals surface area contributed by atoms with Crippen LogP contribution in [0.1, 0.15) is 76.2 Å². The summed E-state index contributed by atoms with van der Waals surface area (Å²) < 4.78 is 46.8. The molecule has 1 amide bonds. The van der Waals surface area contributed by atoms with Crippen LogP contribution in [0.5, 0.6) is 5.75 Å². The zero-order chi connectivity index (χ0) is 30.8. The van der Waals surface area contributed by atoms with Gasteiger partial charge in [-0.05, 0) is 55.7 Å². The van der Waals surface area contributed by atoms with Gasteiger partial charge in [-0.1, -0.05) is 74.9 Å². The average Bonchev–Trinajstić information content (AvgIpc) is 3.61. The number of aliphatic hydroxyl groups excluding tert-OH is 1. The molecule has 2 bridgehead atoms. The molecule has 2 fully saturated rings. The molecule has 0 radical (unpaired) electrons. The topological polar surface area (TPSA) is 114 Å². The molecule has 1 saturated heterocycles. The number of β-amino-alcohol motifs (C(OH)–C–C–N with tert-alkyl or cyclic N) is 1. The molecule has 0 spiro atoms. The number of nitrogens with one attached hydrogen (secondary N) is 1. The second kappa shape index (κ2) is 16.1. The Morgan fingerprint density at radius 3 is 2.48 bits per heavy atom. The number of carbonyl (C=O) groups is 1. The first-order chi connectivity index (χ1) is 21.4. The van der Waals surface area contributed by atoms with Crippen molar-refractivity contribution in [3.8, 4) is 5.75 Å². The Kier molecular flexibility index (Phi) is 11.9. The van der Waals surface area contributed by atoms with Gasteiger partial charge in [0, 0.05) is 32.2 Å². The molecule has 2 aromatic rings. The third-order valence-electron chi connectivity index (χ3n) is 9.15. The van der Waals surface area contributed by atoms with Gasteiger partial charge >= 0.3 is 6.09 Å². The first-order valence-electron chi connectivity index (χ1n) is 16.4. The fourth-order valence-electron chi connectivity index (χ4n) is 6.66. The number of hydrogen-bond donors (Lipinski definition) is 2. The quantitative estimate of drug-likeness (QED) is 0.419. The molecule has 5 atom stereocenters. The summed E-state index contributed by atoms with van der Waals surface area (Å²) in [5, 5.41) is 14.5. The minimum atomic E-state index is -3.95. The van der Waals surface area contributed by atoms with E-state index in [0.717, 1.165) is 63.5 Å². The first kappa shape index (κ1) is 32.7. The number of aliphatic hydroxyl groups is 1. The van der Waals surface area contributed by atoms with Crippen molar-refractivity contribution >= 4 is 16.1 Å². The van der Waals surface area contributed by atoms with Crippen LogP contribution in [0.4, 0.5) is 4.79 Å². The van der Waals surface area contributed by atoms with Gasteiger partial charge in [0.15, 0.2) is 0 Å². The lowest BCUT2D eigenvalue weighted by atomic mass is 10.0. The summed E-state index contributed by atoms with van der Waals surface area (Å²) in [6, 6.07) is 15.4. The van der Waals surface area contributed by atoms with Gasteiger partial charge in [0.1, 0.15) is 11.9 Å². The number of sulfonamides is 1. The van der Waals surface area contributed by atoms with Gasteiger partial charge in [-0.15, -0.1) is 0 Å². The number of hydrogen-bond acceptors (Lipinski definition) is 7. The smallest absolute Gasteiger partial charge is 0.407 e. The largest absolute Gasteiger partial charge is 0.494 e. The summed E-state index contributed by atoms with van der Waals surface area (Å²) in [5.74, 6) is 0.940. The number of ether oxygens (including phenoxy) is 3. The monoisotopic (exact) mass is 628 g/mol. The van der Waals surface area contributed by atoms with Gasteiger partial charge in [-0.3, -0.25) is 0 Å². The Morgan fingerprint density at radius 2 is 1.70 bits per heavy atom. The second-order valence-electron chi connectivity index (χ2n) is 12.5. The molecular weight excluding hydrogens is 580 g/mol. The van der Waals surface area contributed by atoms with Gasteiger partial charge in [-0.25, -0.2) is 13.2 Å². The van der Waals surface area contributed by atoms with E-state index in [2.05, 4.69) is 5.32 Å². The van der Waals surface area contributed by atoms with E-state index in [1.165, 1.54) is 10.7 Å². The first-order valence-corrected chi connectivity index (χ1v) is 17.9. The zero-order valence-corrected chi connectivity index (χ0v) is 26.5. The molecule has 1 aliphatic carbocycles. The number of amides is 1. The van der Waals surface area contributed by atoms with Crippen LogP contribution in [0.2, 0.25) is 0 Å². The number of rotatable bonds is 7. The van der Waals surface area contributed by atoms with Gasteiger partial charge in [-0.2, -0.15) is 4.31 Å². The summed E-state index contributed by atoms with van der Waals surface area (Å²) in [6.07, 6.45) is 9.04. The van der Waals surface area contributed by atoms with Crippen LogP contribution in [0.25, 0.3) is 0 Å². The summed E-state index contributed by atoms with van der Waals surface area (Å²) in [5.41, 5.74) is 0.918. The number of fused-ring (bicyclic) bond motifs is 3. The molecule has 2 heterocycles. The van der Waals surface area contributed by atoms with Crippen molar-refractivity contribution in [3.63, 3.8) is 0 Å². The fourth-order valence-corrected chi connectivity index (χ4v) is 8.19. The summed E-state index contributed by atoms with van der Waals surface area (Å²) in [4.78, 5) is 13.2. The molecule has 44 heavy (non-hydrogen) atoms. The van der Waals surface area contributed by atoms with Crippen molar-refractivity contribution in [1.82, 2.24) is 9.62 Å². The highest BCUT2D eigenvalue weighted by Crippen LogP contribution is 2.37. The Balaban J connectivity index is 1.31. The minimum absolute atomic E-state index is 0.135. The highest BCUT2D eigenvalue weighted by Gasteiger charge is 2.40. The molecule has 0 aromatic heterocycles. The molecule has 1 saturated carbocycles. The van der Waals surface area contributed by atoms with Crippen LogP contribution >= 0.6 is 0 Å². The number of carbonyl (C=O) groups excluding carboxylic acids is 1. The molecule has 3 aliphatic rings. The predicted molar refractivity (Wildman–Crippen MR) is 168 cm³/mol. The molecule has 10 heteroatoms. The summed E-state index contributed by atoms with van der Waals surface area (Å²) >= 11 is 0. The van der Waals surface area contributed by atoms with Crippen LogP contribution in [0.3, 0.4) is 0 Å². The molecule has 2 N–H and O–H groups in total. The van der Waals surface area contributed by atoms with Crippen molar-refractivity contribution in [3.05, 3.63) is 60.2 Å². The van der Waals surface area contributed by atoms with Crippen LogP contribution in [0.15, 0.2) is 59.5 Å². The van der Waals surface area contributed by atoms with Gasteiger partial charge in [0.05, 0.1) is 29.8 Å². The normalized spacial score (nSPS) is 26.2. The molecule has 2 aromatic carbocycles. The molecular formula is C34H48N2O7S. The Morgan fingerprint density at radius 1 is 0.955 bits per heavy atom. The lowest BCUT2D eigenvalue weighted by Gasteiger charge is -2.30. The number of benzene rings is 2. The fraction of sp³-hybridized carbons (Fsp3) is 0.618. The van der Waals surface area contributed by atoms with Gasteiger partial charge in [0.25, 0.3) is 0 Å². The van der Waals surface area contributed by atoms with Crippen LogP contribution < -0.4 is 10.1 Å². The second-order valence-corrected chi connectivity index (χ2v) is 14.4. The van der Waals surface area contributed by atoms with Crippen molar-refractivity contribution in [1.29, 1.82) is 0 Å². The highest BCUT2D eigenvalue weighted by atomic mass is 32.2. The van der Waals surface area contributed by atoms with E-state index in [4.69, 9.17) is 14.2 Å². The van der Waals surface area contributed by atoms with Crippen LogP contribution in [-0.2, 0) is 25.9 Å².